The van der Waals surface area contributed by atoms with E-state index in [0.717, 1.165) is 34.6 Å². The molecule has 19 heavy (non-hydrogen) atoms. The number of halogens is 1. The molecule has 1 aromatic rings. The molecule has 0 saturated carbocycles. The largest absolute Gasteiger partial charge is 0.493 e. The van der Waals surface area contributed by atoms with Crippen molar-refractivity contribution in [3.05, 3.63) is 22.2 Å². The summed E-state index contributed by atoms with van der Waals surface area (Å²) in [7, 11) is 3.26. The highest BCUT2D eigenvalue weighted by atomic mass is 79.9. The molecular weight excluding hydrogens is 312 g/mol. The second kappa shape index (κ2) is 9.14. The lowest BCUT2D eigenvalue weighted by Crippen LogP contribution is -2.29. The number of aliphatic hydroxyl groups is 1. The molecule has 6 heteroatoms. The molecule has 3 N–H and O–H groups in total. The van der Waals surface area contributed by atoms with Gasteiger partial charge in [0, 0.05) is 36.2 Å². The van der Waals surface area contributed by atoms with E-state index in [2.05, 4.69) is 26.6 Å². The second-order valence-corrected chi connectivity index (χ2v) is 4.77. The Hall–Kier alpha value is -0.820. The summed E-state index contributed by atoms with van der Waals surface area (Å²) in [6.45, 7) is 3.09. The Morgan fingerprint density at radius 3 is 2.47 bits per heavy atom. The average Bonchev–Trinajstić information content (AvgIpc) is 2.43. The molecule has 0 amide bonds. The van der Waals surface area contributed by atoms with Gasteiger partial charge in [0.15, 0.2) is 11.5 Å². The van der Waals surface area contributed by atoms with Gasteiger partial charge in [0.2, 0.25) is 0 Å². The predicted molar refractivity (Wildman–Crippen MR) is 78.9 cm³/mol. The third-order valence-electron chi connectivity index (χ3n) is 2.66. The van der Waals surface area contributed by atoms with Gasteiger partial charge in [-0.15, -0.1) is 0 Å². The Balaban J connectivity index is 2.56. The number of nitrogens with one attached hydrogen (secondary N) is 2. The van der Waals surface area contributed by atoms with E-state index in [-0.39, 0.29) is 6.61 Å². The van der Waals surface area contributed by atoms with Crippen LogP contribution in [0.4, 0.5) is 0 Å². The van der Waals surface area contributed by atoms with Crippen LogP contribution >= 0.6 is 15.9 Å². The van der Waals surface area contributed by atoms with Gasteiger partial charge in [0.05, 0.1) is 20.8 Å². The minimum absolute atomic E-state index is 0.162. The van der Waals surface area contributed by atoms with Crippen LogP contribution in [0.3, 0.4) is 0 Å². The molecule has 0 unspecified atom stereocenters. The normalized spacial score (nSPS) is 10.5. The van der Waals surface area contributed by atoms with Crippen LogP contribution in [0.1, 0.15) is 5.56 Å². The van der Waals surface area contributed by atoms with E-state index in [1.807, 2.05) is 12.1 Å². The lowest BCUT2D eigenvalue weighted by Gasteiger charge is -2.15. The highest BCUT2D eigenvalue weighted by molar-refractivity contribution is 9.10. The van der Waals surface area contributed by atoms with Crippen molar-refractivity contribution in [2.24, 2.45) is 0 Å². The maximum atomic E-state index is 8.64. The molecule has 0 aromatic heterocycles. The molecule has 0 aliphatic rings. The molecule has 0 bridgehead atoms. The minimum Gasteiger partial charge on any atom is -0.493 e. The van der Waals surface area contributed by atoms with E-state index >= 15 is 0 Å². The van der Waals surface area contributed by atoms with E-state index in [4.69, 9.17) is 14.6 Å². The first-order valence-corrected chi connectivity index (χ1v) is 6.95. The van der Waals surface area contributed by atoms with Gasteiger partial charge in [0.1, 0.15) is 0 Å². The molecule has 0 radical (unpaired) electrons. The van der Waals surface area contributed by atoms with Crippen LogP contribution in [-0.4, -0.2) is 45.6 Å². The van der Waals surface area contributed by atoms with Crippen molar-refractivity contribution in [3.8, 4) is 11.5 Å². The Morgan fingerprint density at radius 1 is 1.11 bits per heavy atom. The second-order valence-electron chi connectivity index (χ2n) is 3.91. The summed E-state index contributed by atoms with van der Waals surface area (Å²) in [4.78, 5) is 0. The third kappa shape index (κ3) is 4.99. The van der Waals surface area contributed by atoms with Gasteiger partial charge in [-0.3, -0.25) is 0 Å². The smallest absolute Gasteiger partial charge is 0.166 e. The van der Waals surface area contributed by atoms with Crippen molar-refractivity contribution in [2.75, 3.05) is 40.5 Å². The summed E-state index contributed by atoms with van der Waals surface area (Å²) >= 11 is 3.52. The first-order valence-electron chi connectivity index (χ1n) is 6.16. The Labute approximate surface area is 122 Å². The average molecular weight is 333 g/mol. The first-order chi connectivity index (χ1) is 9.24. The van der Waals surface area contributed by atoms with E-state index in [0.29, 0.717) is 13.1 Å². The van der Waals surface area contributed by atoms with Crippen molar-refractivity contribution in [1.82, 2.24) is 10.6 Å². The SMILES string of the molecule is COc1ccc(Br)c(CNCCNCCO)c1OC. The van der Waals surface area contributed by atoms with Gasteiger partial charge in [0.25, 0.3) is 0 Å². The number of benzene rings is 1. The lowest BCUT2D eigenvalue weighted by atomic mass is 10.2. The molecule has 1 rings (SSSR count). The van der Waals surface area contributed by atoms with Gasteiger partial charge >= 0.3 is 0 Å². The molecule has 1 aromatic carbocycles. The zero-order chi connectivity index (χ0) is 14.1. The van der Waals surface area contributed by atoms with Gasteiger partial charge in [-0.1, -0.05) is 15.9 Å². The summed E-state index contributed by atoms with van der Waals surface area (Å²) < 4.78 is 11.7. The van der Waals surface area contributed by atoms with Crippen LogP contribution in [0.15, 0.2) is 16.6 Å². The van der Waals surface area contributed by atoms with Crippen molar-refractivity contribution in [3.63, 3.8) is 0 Å². The van der Waals surface area contributed by atoms with Crippen LogP contribution in [0.2, 0.25) is 0 Å². The van der Waals surface area contributed by atoms with Gasteiger partial charge in [-0.2, -0.15) is 0 Å². The Bertz CT molecular complexity index is 388. The molecule has 0 saturated heterocycles. The van der Waals surface area contributed by atoms with Crippen LogP contribution in [0, 0.1) is 0 Å². The lowest BCUT2D eigenvalue weighted by molar-refractivity contribution is 0.292. The fourth-order valence-corrected chi connectivity index (χ4v) is 2.18. The van der Waals surface area contributed by atoms with Gasteiger partial charge < -0.3 is 25.2 Å². The maximum absolute atomic E-state index is 8.64. The van der Waals surface area contributed by atoms with Crippen molar-refractivity contribution in [2.45, 2.75) is 6.54 Å². The van der Waals surface area contributed by atoms with Crippen molar-refractivity contribution in [1.29, 1.82) is 0 Å². The van der Waals surface area contributed by atoms with Gasteiger partial charge in [-0.25, -0.2) is 0 Å². The first kappa shape index (κ1) is 16.2. The van der Waals surface area contributed by atoms with Crippen LogP contribution in [0.5, 0.6) is 11.5 Å². The summed E-state index contributed by atoms with van der Waals surface area (Å²) in [5.74, 6) is 1.47. The zero-order valence-corrected chi connectivity index (χ0v) is 12.9. The standard InChI is InChI=1S/C13H21BrN2O3/c1-18-12-4-3-11(14)10(13(12)19-2)9-16-6-5-15-7-8-17/h3-4,15-17H,5-9H2,1-2H3. The number of hydrogen-bond donors (Lipinski definition) is 3. The topological polar surface area (TPSA) is 62.8 Å². The highest BCUT2D eigenvalue weighted by Gasteiger charge is 2.12. The highest BCUT2D eigenvalue weighted by Crippen LogP contribution is 2.35. The summed E-state index contributed by atoms with van der Waals surface area (Å²) in [6.07, 6.45) is 0. The number of aliphatic hydroxyl groups excluding tert-OH is 1. The van der Waals surface area contributed by atoms with Crippen LogP contribution in [0.25, 0.3) is 0 Å². The molecule has 0 aliphatic heterocycles. The monoisotopic (exact) mass is 332 g/mol. The Kier molecular flexibility index (Phi) is 7.81. The van der Waals surface area contributed by atoms with E-state index in [1.165, 1.54) is 0 Å². The molecule has 108 valence electrons. The van der Waals surface area contributed by atoms with E-state index in [9.17, 15) is 0 Å². The number of rotatable bonds is 9. The Morgan fingerprint density at radius 2 is 1.84 bits per heavy atom. The van der Waals surface area contributed by atoms with Crippen molar-refractivity contribution >= 4 is 15.9 Å². The van der Waals surface area contributed by atoms with E-state index in [1.54, 1.807) is 14.2 Å². The van der Waals surface area contributed by atoms with E-state index < -0.39 is 0 Å². The fourth-order valence-electron chi connectivity index (χ4n) is 1.73. The van der Waals surface area contributed by atoms with Crippen molar-refractivity contribution < 1.29 is 14.6 Å². The minimum atomic E-state index is 0.162. The predicted octanol–water partition coefficient (Wildman–Crippen LogP) is 1.14. The molecule has 5 nitrogen and oxygen atoms in total. The number of methoxy groups -OCH3 is 2. The van der Waals surface area contributed by atoms with Crippen LogP contribution in [-0.2, 0) is 6.54 Å². The molecule has 0 fully saturated rings. The summed E-state index contributed by atoms with van der Waals surface area (Å²) in [5.41, 5.74) is 1.03. The fraction of sp³-hybridized carbons (Fsp3) is 0.538. The summed E-state index contributed by atoms with van der Waals surface area (Å²) in [6, 6.07) is 3.82. The third-order valence-corrected chi connectivity index (χ3v) is 3.40. The molecule has 0 atom stereocenters. The number of hydrogen-bond acceptors (Lipinski definition) is 5. The van der Waals surface area contributed by atoms with Crippen LogP contribution < -0.4 is 20.1 Å². The summed E-state index contributed by atoms with van der Waals surface area (Å²) in [5, 5.41) is 15.1. The maximum Gasteiger partial charge on any atom is 0.166 e. The van der Waals surface area contributed by atoms with Gasteiger partial charge in [-0.05, 0) is 12.1 Å². The molecular formula is C13H21BrN2O3. The molecule has 0 heterocycles. The molecule has 0 aliphatic carbocycles. The molecule has 0 spiro atoms. The zero-order valence-electron chi connectivity index (χ0n) is 11.3. The number of ether oxygens (including phenoxy) is 2. The quantitative estimate of drug-likeness (QED) is 0.592.